The van der Waals surface area contributed by atoms with Gasteiger partial charge in [-0.25, -0.2) is 4.79 Å². The summed E-state index contributed by atoms with van der Waals surface area (Å²) >= 11 is 0. The highest BCUT2D eigenvalue weighted by molar-refractivity contribution is 5.75. The Labute approximate surface area is 195 Å². The van der Waals surface area contributed by atoms with E-state index < -0.39 is 30.2 Å². The van der Waals surface area contributed by atoms with Gasteiger partial charge in [-0.2, -0.15) is 13.2 Å². The predicted molar refractivity (Wildman–Crippen MR) is 121 cm³/mol. The summed E-state index contributed by atoms with van der Waals surface area (Å²) in [5, 5.41) is 9.09. The molecule has 8 heteroatoms. The Morgan fingerprint density at radius 1 is 0.941 bits per heavy atom. The Morgan fingerprint density at radius 3 is 2.26 bits per heavy atom. The van der Waals surface area contributed by atoms with Gasteiger partial charge >= 0.3 is 18.2 Å². The molecule has 3 aromatic rings. The van der Waals surface area contributed by atoms with Gasteiger partial charge in [0.2, 0.25) is 0 Å². The van der Waals surface area contributed by atoms with Gasteiger partial charge in [0.25, 0.3) is 0 Å². The Morgan fingerprint density at radius 2 is 1.62 bits per heavy atom. The Balaban J connectivity index is 1.86. The summed E-state index contributed by atoms with van der Waals surface area (Å²) < 4.78 is 45.5. The molecule has 0 aliphatic rings. The lowest BCUT2D eigenvalue weighted by molar-refractivity contribution is -0.139. The third kappa shape index (κ3) is 6.37. The maximum atomic E-state index is 13.4. The van der Waals surface area contributed by atoms with Gasteiger partial charge < -0.3 is 14.7 Å². The summed E-state index contributed by atoms with van der Waals surface area (Å²) in [6, 6.07) is 19.7. The number of aliphatic carboxylic acids is 1. The van der Waals surface area contributed by atoms with Crippen molar-refractivity contribution in [2.24, 2.45) is 0 Å². The van der Waals surface area contributed by atoms with E-state index in [1.165, 1.54) is 17.0 Å². The number of hydrogen-bond donors (Lipinski definition) is 1. The van der Waals surface area contributed by atoms with Crippen molar-refractivity contribution in [3.63, 3.8) is 0 Å². The van der Waals surface area contributed by atoms with E-state index in [-0.39, 0.29) is 18.7 Å². The lowest BCUT2D eigenvalue weighted by Crippen LogP contribution is -2.31. The SMILES string of the molecule is CCN(Cc1ccccc1-c1ccc(C(F)(F)F)c(CC(=O)O)c1)C(=O)OCc1ccccc1. The van der Waals surface area contributed by atoms with Crippen LogP contribution in [-0.4, -0.2) is 28.6 Å². The maximum Gasteiger partial charge on any atom is 0.416 e. The summed E-state index contributed by atoms with van der Waals surface area (Å²) in [5.41, 5.74) is 1.30. The van der Waals surface area contributed by atoms with Gasteiger partial charge in [0.15, 0.2) is 0 Å². The highest BCUT2D eigenvalue weighted by atomic mass is 19.4. The minimum atomic E-state index is -4.66. The molecule has 0 fully saturated rings. The predicted octanol–water partition coefficient (Wildman–Crippen LogP) is 6.16. The van der Waals surface area contributed by atoms with Gasteiger partial charge in [0, 0.05) is 13.1 Å². The second kappa shape index (κ2) is 10.9. The molecule has 5 nitrogen and oxygen atoms in total. The number of halogens is 3. The second-order valence-corrected chi connectivity index (χ2v) is 7.65. The number of carbonyl (C=O) groups is 2. The first kappa shape index (κ1) is 24.8. The van der Waals surface area contributed by atoms with Crippen LogP contribution in [0, 0.1) is 0 Å². The summed E-state index contributed by atoms with van der Waals surface area (Å²) in [4.78, 5) is 25.3. The van der Waals surface area contributed by atoms with Crippen molar-refractivity contribution in [1.29, 1.82) is 0 Å². The minimum Gasteiger partial charge on any atom is -0.481 e. The summed E-state index contributed by atoms with van der Waals surface area (Å²) in [5.74, 6) is -1.35. The molecule has 0 spiro atoms. The van der Waals surface area contributed by atoms with E-state index in [1.807, 2.05) is 30.3 Å². The number of hydrogen-bond acceptors (Lipinski definition) is 3. The van der Waals surface area contributed by atoms with E-state index in [0.717, 1.165) is 11.6 Å². The Kier molecular flexibility index (Phi) is 7.94. The molecule has 178 valence electrons. The van der Waals surface area contributed by atoms with Crippen LogP contribution in [0.15, 0.2) is 72.8 Å². The zero-order chi connectivity index (χ0) is 24.7. The van der Waals surface area contributed by atoms with Crippen molar-refractivity contribution < 1.29 is 32.6 Å². The average molecular weight is 471 g/mol. The number of benzene rings is 3. The third-order valence-corrected chi connectivity index (χ3v) is 5.29. The van der Waals surface area contributed by atoms with E-state index >= 15 is 0 Å². The van der Waals surface area contributed by atoms with Crippen LogP contribution in [0.1, 0.15) is 29.2 Å². The number of rotatable bonds is 8. The number of ether oxygens (including phenoxy) is 1. The van der Waals surface area contributed by atoms with E-state index in [2.05, 4.69) is 0 Å². The van der Waals surface area contributed by atoms with Crippen LogP contribution >= 0.6 is 0 Å². The van der Waals surface area contributed by atoms with Crippen LogP contribution in [0.2, 0.25) is 0 Å². The van der Waals surface area contributed by atoms with Crippen molar-refractivity contribution in [1.82, 2.24) is 4.90 Å². The molecular weight excluding hydrogens is 447 g/mol. The first-order chi connectivity index (χ1) is 16.2. The first-order valence-corrected chi connectivity index (χ1v) is 10.6. The van der Waals surface area contributed by atoms with E-state index in [1.54, 1.807) is 31.2 Å². The van der Waals surface area contributed by atoms with Crippen LogP contribution < -0.4 is 0 Å². The third-order valence-electron chi connectivity index (χ3n) is 5.29. The molecule has 3 aromatic carbocycles. The highest BCUT2D eigenvalue weighted by Crippen LogP contribution is 2.35. The molecular formula is C26H24F3NO4. The molecule has 34 heavy (non-hydrogen) atoms. The van der Waals surface area contributed by atoms with Gasteiger partial charge in [-0.1, -0.05) is 60.7 Å². The summed E-state index contributed by atoms with van der Waals surface area (Å²) in [6.07, 6.45) is -5.93. The number of carboxylic acids is 1. The second-order valence-electron chi connectivity index (χ2n) is 7.65. The number of carbonyl (C=O) groups excluding carboxylic acids is 1. The molecule has 0 bridgehead atoms. The fourth-order valence-corrected chi connectivity index (χ4v) is 3.61. The molecule has 0 unspecified atom stereocenters. The lowest BCUT2D eigenvalue weighted by atomic mass is 9.94. The molecule has 0 radical (unpaired) electrons. The number of amides is 1. The smallest absolute Gasteiger partial charge is 0.416 e. The molecule has 0 aromatic heterocycles. The topological polar surface area (TPSA) is 66.8 Å². The van der Waals surface area contributed by atoms with Crippen molar-refractivity contribution in [2.45, 2.75) is 32.7 Å². The molecule has 0 aliphatic carbocycles. The van der Waals surface area contributed by atoms with Gasteiger partial charge in [-0.05, 0) is 46.9 Å². The molecule has 1 amide bonds. The molecule has 3 rings (SSSR count). The Hall–Kier alpha value is -3.81. The van der Waals surface area contributed by atoms with E-state index in [0.29, 0.717) is 23.2 Å². The van der Waals surface area contributed by atoms with Gasteiger partial charge in [-0.3, -0.25) is 4.79 Å². The Bertz CT molecular complexity index is 1150. The summed E-state index contributed by atoms with van der Waals surface area (Å²) in [7, 11) is 0. The molecule has 0 saturated carbocycles. The standard InChI is InChI=1S/C26H24F3NO4/c1-2-30(25(33)34-17-18-8-4-3-5-9-18)16-20-10-6-7-11-22(20)19-12-13-23(26(27,28)29)21(14-19)15-24(31)32/h3-14H,2,15-17H2,1H3,(H,31,32). The zero-order valence-corrected chi connectivity index (χ0v) is 18.5. The quantitative estimate of drug-likeness (QED) is 0.427. The van der Waals surface area contributed by atoms with Crippen LogP contribution in [-0.2, 0) is 35.3 Å². The fraction of sp³-hybridized carbons (Fsp3) is 0.231. The zero-order valence-electron chi connectivity index (χ0n) is 18.5. The van der Waals surface area contributed by atoms with Crippen molar-refractivity contribution in [3.8, 4) is 11.1 Å². The maximum absolute atomic E-state index is 13.4. The van der Waals surface area contributed by atoms with E-state index in [9.17, 15) is 22.8 Å². The van der Waals surface area contributed by atoms with Crippen molar-refractivity contribution in [2.75, 3.05) is 6.54 Å². The fourth-order valence-electron chi connectivity index (χ4n) is 3.61. The number of alkyl halides is 3. The largest absolute Gasteiger partial charge is 0.481 e. The lowest BCUT2D eigenvalue weighted by Gasteiger charge is -2.22. The molecule has 0 heterocycles. The van der Waals surface area contributed by atoms with Crippen LogP contribution in [0.25, 0.3) is 11.1 Å². The monoisotopic (exact) mass is 471 g/mol. The van der Waals surface area contributed by atoms with E-state index in [4.69, 9.17) is 9.84 Å². The first-order valence-electron chi connectivity index (χ1n) is 10.6. The molecule has 0 atom stereocenters. The van der Waals surface area contributed by atoms with Gasteiger partial charge in [0.05, 0.1) is 12.0 Å². The molecule has 0 aliphatic heterocycles. The number of nitrogens with zero attached hydrogens (tertiary/aromatic N) is 1. The van der Waals surface area contributed by atoms with Crippen LogP contribution in [0.3, 0.4) is 0 Å². The highest BCUT2D eigenvalue weighted by Gasteiger charge is 2.34. The van der Waals surface area contributed by atoms with Crippen molar-refractivity contribution >= 4 is 12.1 Å². The van der Waals surface area contributed by atoms with Gasteiger partial charge in [-0.15, -0.1) is 0 Å². The van der Waals surface area contributed by atoms with Gasteiger partial charge in [0.1, 0.15) is 6.61 Å². The average Bonchev–Trinajstić information content (AvgIpc) is 2.80. The van der Waals surface area contributed by atoms with Crippen molar-refractivity contribution in [3.05, 3.63) is 95.1 Å². The van der Waals surface area contributed by atoms with Crippen LogP contribution in [0.4, 0.5) is 18.0 Å². The minimum absolute atomic E-state index is 0.120. The summed E-state index contributed by atoms with van der Waals surface area (Å²) in [6.45, 7) is 2.46. The molecule has 0 saturated heterocycles. The molecule has 1 N–H and O–H groups in total. The van der Waals surface area contributed by atoms with Crippen LogP contribution in [0.5, 0.6) is 0 Å². The number of carboxylic acid groups (broad SMARTS) is 1. The normalized spacial score (nSPS) is 11.2.